The number of alkyl halides is 18. The normalized spacial score (nSPS) is 16.7. The Morgan fingerprint density at radius 3 is 0.821 bits per heavy atom. The van der Waals surface area contributed by atoms with Crippen LogP contribution in [0.3, 0.4) is 0 Å². The largest absolute Gasteiger partial charge is 0.385 e. The summed E-state index contributed by atoms with van der Waals surface area (Å²) in [5.74, 6) is -64.4. The van der Waals surface area contributed by atoms with Crippen molar-refractivity contribution in [2.45, 2.75) is 53.8 Å². The molecule has 28 heavy (non-hydrogen) atoms. The molecule has 0 aliphatic heterocycles. The van der Waals surface area contributed by atoms with Crippen LogP contribution >= 0.6 is 0 Å². The Kier molecular flexibility index (Phi) is 6.08. The molecule has 169 valence electrons. The van der Waals surface area contributed by atoms with E-state index in [0.717, 1.165) is 6.92 Å². The SMILES string of the molecule is [CH2]C(F)(F)C(F)(F)C(F)(F)C(F)(F)C(F)(F)C(F)(F)C(F)(F)C(F)(F)C(F)F. The van der Waals surface area contributed by atoms with Gasteiger partial charge in [-0.2, -0.15) is 70.2 Å². The van der Waals surface area contributed by atoms with Crippen molar-refractivity contribution in [1.29, 1.82) is 0 Å². The Hall–Kier alpha value is -1.26. The van der Waals surface area contributed by atoms with Gasteiger partial charge in [-0.05, 0) is 0 Å². The first kappa shape index (κ1) is 26.7. The molecule has 0 aromatic heterocycles. The topological polar surface area (TPSA) is 0 Å². The van der Waals surface area contributed by atoms with Crippen LogP contribution in [0.15, 0.2) is 0 Å². The van der Waals surface area contributed by atoms with Crippen LogP contribution in [-0.2, 0) is 0 Å². The van der Waals surface area contributed by atoms with Crippen LogP contribution in [0.4, 0.5) is 79.0 Å². The summed E-state index contributed by atoms with van der Waals surface area (Å²) in [5.41, 5.74) is 0. The molecule has 1 radical (unpaired) electrons. The van der Waals surface area contributed by atoms with Gasteiger partial charge in [-0.15, -0.1) is 0 Å². The molecular formula is C10H3F18. The predicted octanol–water partition coefficient (Wildman–Crippen LogP) is 6.17. The Labute approximate surface area is 141 Å². The molecule has 0 spiro atoms. The van der Waals surface area contributed by atoms with E-state index in [-0.39, 0.29) is 0 Å². The molecule has 0 unspecified atom stereocenters. The molecule has 0 aliphatic rings. The van der Waals surface area contributed by atoms with E-state index in [1.807, 2.05) is 0 Å². The highest BCUT2D eigenvalue weighted by Crippen LogP contribution is 2.64. The third-order valence-electron chi connectivity index (χ3n) is 3.12. The lowest BCUT2D eigenvalue weighted by Gasteiger charge is -2.43. The molecule has 0 aromatic carbocycles. The van der Waals surface area contributed by atoms with E-state index in [1.165, 1.54) is 0 Å². The fraction of sp³-hybridized carbons (Fsp3) is 0.900. The van der Waals surface area contributed by atoms with Crippen LogP contribution in [-0.4, -0.2) is 53.8 Å². The van der Waals surface area contributed by atoms with Crippen LogP contribution in [0.25, 0.3) is 0 Å². The zero-order valence-corrected chi connectivity index (χ0v) is 12.1. The van der Waals surface area contributed by atoms with Gasteiger partial charge >= 0.3 is 53.8 Å². The van der Waals surface area contributed by atoms with Gasteiger partial charge in [0.2, 0.25) is 0 Å². The zero-order valence-electron chi connectivity index (χ0n) is 12.1. The summed E-state index contributed by atoms with van der Waals surface area (Å²) in [6.45, 7) is 0.881. The highest BCUT2D eigenvalue weighted by Gasteiger charge is 2.95. The van der Waals surface area contributed by atoms with Crippen LogP contribution < -0.4 is 0 Å². The molecule has 0 amide bonds. The van der Waals surface area contributed by atoms with Crippen molar-refractivity contribution in [2.24, 2.45) is 0 Å². The molecular weight excluding hydrogens is 462 g/mol. The van der Waals surface area contributed by atoms with Crippen molar-refractivity contribution in [3.05, 3.63) is 6.92 Å². The van der Waals surface area contributed by atoms with Crippen LogP contribution in [0.5, 0.6) is 0 Å². The highest BCUT2D eigenvalue weighted by molar-refractivity contribution is 5.16. The monoisotopic (exact) mass is 465 g/mol. The average Bonchev–Trinajstić information content (AvgIpc) is 2.44. The average molecular weight is 465 g/mol. The molecule has 0 saturated carbocycles. The van der Waals surface area contributed by atoms with E-state index in [0.29, 0.717) is 0 Å². The van der Waals surface area contributed by atoms with Gasteiger partial charge in [0.15, 0.2) is 0 Å². The second kappa shape index (κ2) is 6.37. The van der Waals surface area contributed by atoms with Gasteiger partial charge in [0.05, 0.1) is 0 Å². The first-order valence-corrected chi connectivity index (χ1v) is 5.85. The number of rotatable bonds is 8. The van der Waals surface area contributed by atoms with Gasteiger partial charge in [-0.3, -0.25) is 0 Å². The molecule has 0 saturated heterocycles. The zero-order chi connectivity index (χ0) is 23.6. The molecule has 0 fully saturated rings. The van der Waals surface area contributed by atoms with E-state index >= 15 is 0 Å². The van der Waals surface area contributed by atoms with Gasteiger partial charge in [0.25, 0.3) is 0 Å². The first-order valence-electron chi connectivity index (χ1n) is 5.85. The minimum absolute atomic E-state index is 0.881. The summed E-state index contributed by atoms with van der Waals surface area (Å²) in [6.07, 6.45) is -5.97. The van der Waals surface area contributed by atoms with Gasteiger partial charge in [-0.1, -0.05) is 0 Å². The van der Waals surface area contributed by atoms with Gasteiger partial charge in [0.1, 0.15) is 0 Å². The second-order valence-corrected chi connectivity index (χ2v) is 5.07. The summed E-state index contributed by atoms with van der Waals surface area (Å²) in [5, 5.41) is 0. The van der Waals surface area contributed by atoms with Crippen molar-refractivity contribution in [3.8, 4) is 0 Å². The maximum absolute atomic E-state index is 13.0. The Balaban J connectivity index is 6.72. The summed E-state index contributed by atoms with van der Waals surface area (Å²) in [7, 11) is 0. The quantitative estimate of drug-likeness (QED) is 0.377. The van der Waals surface area contributed by atoms with Crippen molar-refractivity contribution >= 4 is 0 Å². The van der Waals surface area contributed by atoms with E-state index in [4.69, 9.17) is 0 Å². The number of halogens is 18. The fourth-order valence-electron chi connectivity index (χ4n) is 1.36. The van der Waals surface area contributed by atoms with Gasteiger partial charge in [-0.25, -0.2) is 8.78 Å². The van der Waals surface area contributed by atoms with E-state index in [2.05, 4.69) is 0 Å². The molecule has 0 heterocycles. The van der Waals surface area contributed by atoms with Crippen molar-refractivity contribution in [1.82, 2.24) is 0 Å². The Morgan fingerprint density at radius 1 is 0.393 bits per heavy atom. The molecule has 0 aromatic rings. The van der Waals surface area contributed by atoms with Crippen molar-refractivity contribution in [3.63, 3.8) is 0 Å². The smallest absolute Gasteiger partial charge is 0.203 e. The Morgan fingerprint density at radius 2 is 0.607 bits per heavy atom. The number of hydrogen-bond donors (Lipinski definition) is 0. The van der Waals surface area contributed by atoms with E-state index < -0.39 is 53.8 Å². The molecule has 18 heteroatoms. The lowest BCUT2D eigenvalue weighted by molar-refractivity contribution is -0.455. The van der Waals surface area contributed by atoms with E-state index in [1.54, 1.807) is 0 Å². The Bertz CT molecular complexity index is 565. The highest BCUT2D eigenvalue weighted by atomic mass is 19.4. The lowest BCUT2D eigenvalue weighted by Crippen LogP contribution is -2.75. The molecule has 0 atom stereocenters. The molecule has 0 bridgehead atoms. The minimum Gasteiger partial charge on any atom is -0.203 e. The molecule has 0 rings (SSSR count). The fourth-order valence-corrected chi connectivity index (χ4v) is 1.36. The maximum Gasteiger partial charge on any atom is 0.385 e. The minimum atomic E-state index is -8.69. The maximum atomic E-state index is 13.0. The summed E-state index contributed by atoms with van der Waals surface area (Å²) < 4.78 is 228. The molecule has 0 N–H and O–H groups in total. The standard InChI is InChI=1S/C10H3F18/c1-3(13,14)5(17,18)7(21,22)9(25,26)10(27,28)8(23,24)6(19,20)4(15,16)2(11)12/h2H,1H2. The predicted molar refractivity (Wildman–Crippen MR) is 50.9 cm³/mol. The summed E-state index contributed by atoms with van der Waals surface area (Å²) in [4.78, 5) is 0. The second-order valence-electron chi connectivity index (χ2n) is 5.07. The first-order chi connectivity index (χ1) is 11.7. The lowest BCUT2D eigenvalue weighted by atomic mass is 9.88. The van der Waals surface area contributed by atoms with Crippen LogP contribution in [0, 0.1) is 6.92 Å². The summed E-state index contributed by atoms with van der Waals surface area (Å²) >= 11 is 0. The molecule has 0 aliphatic carbocycles. The summed E-state index contributed by atoms with van der Waals surface area (Å²) in [6, 6.07) is 0. The third-order valence-corrected chi connectivity index (χ3v) is 3.12. The van der Waals surface area contributed by atoms with Crippen molar-refractivity contribution < 1.29 is 79.0 Å². The third kappa shape index (κ3) is 3.04. The van der Waals surface area contributed by atoms with E-state index in [9.17, 15) is 79.0 Å². The van der Waals surface area contributed by atoms with Gasteiger partial charge in [0, 0.05) is 6.92 Å². The molecule has 0 nitrogen and oxygen atoms in total. The number of hydrogen-bond acceptors (Lipinski definition) is 0. The van der Waals surface area contributed by atoms with Crippen LogP contribution in [0.1, 0.15) is 0 Å². The van der Waals surface area contributed by atoms with Crippen molar-refractivity contribution in [2.75, 3.05) is 0 Å². The van der Waals surface area contributed by atoms with Gasteiger partial charge < -0.3 is 0 Å². The van der Waals surface area contributed by atoms with Crippen LogP contribution in [0.2, 0.25) is 0 Å².